The molecule has 0 aliphatic heterocycles. The zero-order valence-electron chi connectivity index (χ0n) is 15.4. The van der Waals surface area contributed by atoms with Gasteiger partial charge in [-0.2, -0.15) is 18.4 Å². The minimum atomic E-state index is -3.95. The van der Waals surface area contributed by atoms with Gasteiger partial charge in [-0.1, -0.05) is 29.2 Å². The monoisotopic (exact) mass is 402 g/mol. The Morgan fingerprint density at radius 1 is 1.21 bits per heavy atom. The molecular weight excluding hydrogens is 384 g/mol. The Kier molecular flexibility index (Phi) is 5.01. The Labute approximate surface area is 161 Å². The third kappa shape index (κ3) is 3.51. The number of nitrogens with zero attached hydrogens (tertiary/aromatic N) is 5. The average molecular weight is 402 g/mol. The van der Waals surface area contributed by atoms with Crippen LogP contribution in [-0.4, -0.2) is 43.2 Å². The molecule has 3 rings (SSSR count). The van der Waals surface area contributed by atoms with Gasteiger partial charge in [0.1, 0.15) is 6.20 Å². The van der Waals surface area contributed by atoms with Gasteiger partial charge in [0, 0.05) is 30.6 Å². The molecule has 0 saturated heterocycles. The first kappa shape index (κ1) is 19.3. The highest BCUT2D eigenvalue weighted by Crippen LogP contribution is 2.30. The highest BCUT2D eigenvalue weighted by molar-refractivity contribution is 7.89. The van der Waals surface area contributed by atoms with Crippen LogP contribution in [0.3, 0.4) is 0 Å². The maximum atomic E-state index is 12.7. The lowest BCUT2D eigenvalue weighted by Crippen LogP contribution is -2.19. The van der Waals surface area contributed by atoms with Crippen LogP contribution in [-0.2, 0) is 17.1 Å². The normalized spacial score (nSPS) is 11.8. The number of hydrazone groups is 1. The minimum Gasteiger partial charge on any atom is -0.390 e. The van der Waals surface area contributed by atoms with Gasteiger partial charge in [0.15, 0.2) is 5.69 Å². The number of rotatable bonds is 6. The molecule has 0 saturated carbocycles. The van der Waals surface area contributed by atoms with Gasteiger partial charge in [-0.25, -0.2) is 4.57 Å². The summed E-state index contributed by atoms with van der Waals surface area (Å²) in [7, 11) is 1.25. The van der Waals surface area contributed by atoms with E-state index in [1.807, 2.05) is 31.1 Å². The van der Waals surface area contributed by atoms with Crippen molar-refractivity contribution in [3.05, 3.63) is 58.4 Å². The van der Waals surface area contributed by atoms with Gasteiger partial charge in [-0.05, 0) is 17.1 Å². The van der Waals surface area contributed by atoms with Gasteiger partial charge in [-0.3, -0.25) is 0 Å². The number of nitrogens with one attached hydrogen (secondary N) is 1. The topological polar surface area (TPSA) is 123 Å². The van der Waals surface area contributed by atoms with E-state index in [0.717, 1.165) is 17.3 Å². The van der Waals surface area contributed by atoms with Crippen LogP contribution in [0.4, 0.5) is 11.6 Å². The van der Waals surface area contributed by atoms with E-state index in [1.54, 1.807) is 18.2 Å². The Morgan fingerprint density at radius 2 is 1.89 bits per heavy atom. The SMILES string of the molecule is CN(C)c1cccc2c(S(=O)(=O)N/N=C/c3cnc([N+](=O)[O-])n3C)cccc12. The molecule has 2 aromatic carbocycles. The quantitative estimate of drug-likeness (QED) is 0.381. The van der Waals surface area contributed by atoms with Crippen LogP contribution >= 0.6 is 0 Å². The number of anilines is 1. The summed E-state index contributed by atoms with van der Waals surface area (Å²) in [6.07, 6.45) is 2.39. The van der Waals surface area contributed by atoms with Gasteiger partial charge in [0.25, 0.3) is 10.0 Å². The molecule has 28 heavy (non-hydrogen) atoms. The Balaban J connectivity index is 1.94. The lowest BCUT2D eigenvalue weighted by Gasteiger charge is -2.16. The number of hydrogen-bond donors (Lipinski definition) is 1. The largest absolute Gasteiger partial charge is 0.434 e. The summed E-state index contributed by atoms with van der Waals surface area (Å²) in [5, 5.41) is 15.9. The molecule has 1 N–H and O–H groups in total. The lowest BCUT2D eigenvalue weighted by molar-refractivity contribution is -0.396. The summed E-state index contributed by atoms with van der Waals surface area (Å²) in [6.45, 7) is 0. The number of fused-ring (bicyclic) bond motifs is 1. The van der Waals surface area contributed by atoms with E-state index in [1.165, 1.54) is 23.9 Å². The second-order valence-corrected chi connectivity index (χ2v) is 7.80. The molecule has 11 heteroatoms. The predicted octanol–water partition coefficient (Wildman–Crippen LogP) is 1.86. The molecule has 0 bridgehead atoms. The van der Waals surface area contributed by atoms with Crippen molar-refractivity contribution >= 4 is 38.6 Å². The summed E-state index contributed by atoms with van der Waals surface area (Å²) >= 11 is 0. The molecule has 1 heterocycles. The van der Waals surface area contributed by atoms with Gasteiger partial charge >= 0.3 is 5.95 Å². The molecule has 1 aromatic heterocycles. The van der Waals surface area contributed by atoms with E-state index in [2.05, 4.69) is 14.9 Å². The van der Waals surface area contributed by atoms with Gasteiger partial charge in [0.2, 0.25) is 0 Å². The summed E-state index contributed by atoms with van der Waals surface area (Å²) < 4.78 is 26.7. The molecule has 0 aliphatic carbocycles. The van der Waals surface area contributed by atoms with Crippen LogP contribution in [0.2, 0.25) is 0 Å². The van der Waals surface area contributed by atoms with Crippen molar-refractivity contribution in [1.82, 2.24) is 14.4 Å². The third-order valence-corrected chi connectivity index (χ3v) is 5.44. The van der Waals surface area contributed by atoms with Crippen molar-refractivity contribution in [3.8, 4) is 0 Å². The molecule has 0 unspecified atom stereocenters. The molecule has 0 amide bonds. The summed E-state index contributed by atoms with van der Waals surface area (Å²) in [4.78, 5) is 18.0. The Bertz CT molecular complexity index is 1180. The molecule has 0 atom stereocenters. The van der Waals surface area contributed by atoms with Crippen molar-refractivity contribution in [2.75, 3.05) is 19.0 Å². The molecule has 0 spiro atoms. The summed E-state index contributed by atoms with van der Waals surface area (Å²) in [6, 6.07) is 10.4. The van der Waals surface area contributed by atoms with E-state index in [9.17, 15) is 18.5 Å². The van der Waals surface area contributed by atoms with Crippen molar-refractivity contribution < 1.29 is 13.3 Å². The second kappa shape index (κ2) is 7.27. The van der Waals surface area contributed by atoms with E-state index in [4.69, 9.17) is 0 Å². The minimum absolute atomic E-state index is 0.0850. The molecule has 0 aliphatic rings. The smallest absolute Gasteiger partial charge is 0.390 e. The van der Waals surface area contributed by atoms with Crippen molar-refractivity contribution in [1.29, 1.82) is 0 Å². The van der Waals surface area contributed by atoms with Gasteiger partial charge in [0.05, 0.1) is 18.2 Å². The Morgan fingerprint density at radius 3 is 2.54 bits per heavy atom. The maximum absolute atomic E-state index is 12.7. The number of imidazole rings is 1. The van der Waals surface area contributed by atoms with Crippen LogP contribution in [0.5, 0.6) is 0 Å². The number of aromatic nitrogens is 2. The summed E-state index contributed by atoms with van der Waals surface area (Å²) in [5.74, 6) is -0.366. The van der Waals surface area contributed by atoms with Crippen LogP contribution in [0, 0.1) is 10.1 Å². The van der Waals surface area contributed by atoms with E-state index in [-0.39, 0.29) is 16.5 Å². The molecule has 10 nitrogen and oxygen atoms in total. The first-order chi connectivity index (χ1) is 13.2. The molecule has 0 radical (unpaired) electrons. The standard InChI is InChI=1S/C17H18N6O4S/c1-21(2)15-8-4-7-14-13(15)6-5-9-16(14)28(26,27)20-19-11-12-10-18-17(22(12)3)23(24)25/h4-11,20H,1-3H3/b19-11+. The van der Waals surface area contributed by atoms with Crippen molar-refractivity contribution in [3.63, 3.8) is 0 Å². The van der Waals surface area contributed by atoms with Gasteiger partial charge in [-0.15, -0.1) is 0 Å². The highest BCUT2D eigenvalue weighted by Gasteiger charge is 2.19. The molecule has 0 fully saturated rings. The number of hydrogen-bond acceptors (Lipinski definition) is 7. The van der Waals surface area contributed by atoms with Crippen molar-refractivity contribution in [2.45, 2.75) is 4.90 Å². The number of sulfonamides is 1. The van der Waals surface area contributed by atoms with Crippen LogP contribution in [0.1, 0.15) is 5.69 Å². The fraction of sp³-hybridized carbons (Fsp3) is 0.176. The third-order valence-electron chi connectivity index (χ3n) is 4.16. The zero-order valence-corrected chi connectivity index (χ0v) is 16.2. The summed E-state index contributed by atoms with van der Waals surface area (Å²) in [5.41, 5.74) is 1.17. The highest BCUT2D eigenvalue weighted by atomic mass is 32.2. The van der Waals surface area contributed by atoms with E-state index < -0.39 is 14.9 Å². The average Bonchev–Trinajstić information content (AvgIpc) is 3.01. The van der Waals surface area contributed by atoms with Crippen LogP contribution < -0.4 is 9.73 Å². The maximum Gasteiger partial charge on any atom is 0.434 e. The molecular formula is C17H18N6O4S. The van der Waals surface area contributed by atoms with Crippen LogP contribution in [0.25, 0.3) is 10.8 Å². The number of nitro groups is 1. The lowest BCUT2D eigenvalue weighted by atomic mass is 10.1. The fourth-order valence-electron chi connectivity index (χ4n) is 2.80. The van der Waals surface area contributed by atoms with Crippen LogP contribution in [0.15, 0.2) is 52.6 Å². The van der Waals surface area contributed by atoms with E-state index in [0.29, 0.717) is 5.39 Å². The van der Waals surface area contributed by atoms with Crippen molar-refractivity contribution in [2.24, 2.45) is 12.1 Å². The molecule has 3 aromatic rings. The number of benzene rings is 2. The first-order valence-corrected chi connectivity index (χ1v) is 9.60. The first-order valence-electron chi connectivity index (χ1n) is 8.12. The van der Waals surface area contributed by atoms with Gasteiger partial charge < -0.3 is 15.0 Å². The predicted molar refractivity (Wildman–Crippen MR) is 106 cm³/mol. The molecule has 146 valence electrons. The zero-order chi connectivity index (χ0) is 20.5. The second-order valence-electron chi connectivity index (χ2n) is 6.17. The Hall–Kier alpha value is -3.47. The fourth-order valence-corrected chi connectivity index (χ4v) is 3.82. The van der Waals surface area contributed by atoms with E-state index >= 15 is 0 Å².